The van der Waals surface area contributed by atoms with Gasteiger partial charge < -0.3 is 5.32 Å². The second kappa shape index (κ2) is 8.71. The van der Waals surface area contributed by atoms with Crippen LogP contribution in [0.2, 0.25) is 0 Å². The molecule has 0 radical (unpaired) electrons. The predicted molar refractivity (Wildman–Crippen MR) is 123 cm³/mol. The van der Waals surface area contributed by atoms with Crippen LogP contribution in [0.4, 0.5) is 0 Å². The third-order valence-corrected chi connectivity index (χ3v) is 6.07. The first kappa shape index (κ1) is 20.1. The molecule has 2 aromatic carbocycles. The Morgan fingerprint density at radius 3 is 2.59 bits per heavy atom. The topological polar surface area (TPSA) is 72.0 Å². The van der Waals surface area contributed by atoms with Gasteiger partial charge in [0.2, 0.25) is 0 Å². The zero-order valence-electron chi connectivity index (χ0n) is 17.6. The Labute approximate surface area is 186 Å². The van der Waals surface area contributed by atoms with Gasteiger partial charge in [-0.15, -0.1) is 0 Å². The smallest absolute Gasteiger partial charge is 0.251 e. The Hall–Kier alpha value is -3.86. The van der Waals surface area contributed by atoms with E-state index in [2.05, 4.69) is 21.4 Å². The highest BCUT2D eigenvalue weighted by atomic mass is 16.1. The molecule has 0 bridgehead atoms. The number of hydrogen-bond acceptors (Lipinski definition) is 4. The third kappa shape index (κ3) is 4.42. The van der Waals surface area contributed by atoms with E-state index in [4.69, 9.17) is 0 Å². The number of Topliss-reactive ketones (excluding diaryl/α,β-unsaturated/α-hetero) is 1. The molecule has 4 aromatic rings. The number of rotatable bonds is 7. The van der Waals surface area contributed by atoms with Gasteiger partial charge in [-0.25, -0.2) is 0 Å². The first-order chi connectivity index (χ1) is 15.7. The highest BCUT2D eigenvalue weighted by Crippen LogP contribution is 2.48. The standard InChI is InChI=1S/C27H23N3O2/c31-26(13-19-4-5-23-17-29-11-8-20(23)12-19)25-15-24(25)21-2-1-3-22(14-21)27(32)30-16-18-6-9-28-10-7-18/h1-12,14,17,24-25H,13,15-16H2,(H,30,32)/t24-,25+/m0/s1. The lowest BCUT2D eigenvalue weighted by molar-refractivity contribution is -0.119. The van der Waals surface area contributed by atoms with Crippen LogP contribution in [0, 0.1) is 5.92 Å². The van der Waals surface area contributed by atoms with Crippen LogP contribution in [0.1, 0.15) is 39.4 Å². The monoisotopic (exact) mass is 421 g/mol. The van der Waals surface area contributed by atoms with Crippen LogP contribution in [0.25, 0.3) is 10.8 Å². The lowest BCUT2D eigenvalue weighted by Crippen LogP contribution is -2.22. The summed E-state index contributed by atoms with van der Waals surface area (Å²) >= 11 is 0. The second-order valence-electron chi connectivity index (χ2n) is 8.31. The average Bonchev–Trinajstić information content (AvgIpc) is 3.65. The number of carbonyl (C=O) groups excluding carboxylic acids is 2. The van der Waals surface area contributed by atoms with E-state index in [0.717, 1.165) is 33.9 Å². The highest BCUT2D eigenvalue weighted by Gasteiger charge is 2.43. The lowest BCUT2D eigenvalue weighted by atomic mass is 10.00. The van der Waals surface area contributed by atoms with E-state index >= 15 is 0 Å². The molecule has 5 nitrogen and oxygen atoms in total. The Bertz CT molecular complexity index is 1290. The van der Waals surface area contributed by atoms with Gasteiger partial charge in [0.15, 0.2) is 0 Å². The van der Waals surface area contributed by atoms with E-state index in [1.54, 1.807) is 18.6 Å². The van der Waals surface area contributed by atoms with E-state index in [0.29, 0.717) is 18.5 Å². The average molecular weight is 422 g/mol. The van der Waals surface area contributed by atoms with Gasteiger partial charge >= 0.3 is 0 Å². The number of carbonyl (C=O) groups is 2. The Morgan fingerprint density at radius 1 is 0.875 bits per heavy atom. The number of ketones is 1. The van der Waals surface area contributed by atoms with Gasteiger partial charge in [0, 0.05) is 54.6 Å². The Balaban J connectivity index is 1.21. The minimum absolute atomic E-state index is 0.0262. The van der Waals surface area contributed by atoms with Gasteiger partial charge in [-0.2, -0.15) is 0 Å². The number of hydrogen-bond donors (Lipinski definition) is 1. The van der Waals surface area contributed by atoms with Crippen molar-refractivity contribution in [2.45, 2.75) is 25.3 Å². The number of benzene rings is 2. The van der Waals surface area contributed by atoms with Crippen molar-refractivity contribution < 1.29 is 9.59 Å². The van der Waals surface area contributed by atoms with Crippen LogP contribution in [0.15, 0.2) is 85.5 Å². The Morgan fingerprint density at radius 2 is 1.72 bits per heavy atom. The third-order valence-electron chi connectivity index (χ3n) is 6.07. The first-order valence-electron chi connectivity index (χ1n) is 10.8. The van der Waals surface area contributed by atoms with Crippen LogP contribution in [-0.4, -0.2) is 21.7 Å². The molecule has 0 unspecified atom stereocenters. The number of nitrogens with zero attached hydrogens (tertiary/aromatic N) is 2. The van der Waals surface area contributed by atoms with Crippen LogP contribution in [0.3, 0.4) is 0 Å². The van der Waals surface area contributed by atoms with Crippen molar-refractivity contribution in [3.05, 3.63) is 108 Å². The fraction of sp³-hybridized carbons (Fsp3) is 0.185. The highest BCUT2D eigenvalue weighted by molar-refractivity contribution is 5.94. The molecule has 158 valence electrons. The predicted octanol–water partition coefficient (Wildman–Crippen LogP) is 4.48. The van der Waals surface area contributed by atoms with Gasteiger partial charge in [0.1, 0.15) is 5.78 Å². The number of amides is 1. The SMILES string of the molecule is O=C(NCc1ccncc1)c1cccc([C@@H]2C[C@H]2C(=O)Cc2ccc3cnccc3c2)c1. The maximum Gasteiger partial charge on any atom is 0.251 e. The summed E-state index contributed by atoms with van der Waals surface area (Å²) in [5, 5.41) is 5.12. The molecule has 1 fully saturated rings. The second-order valence-corrected chi connectivity index (χ2v) is 8.31. The fourth-order valence-electron chi connectivity index (χ4n) is 4.19. The molecule has 1 aliphatic carbocycles. The molecule has 2 atom stereocenters. The van der Waals surface area contributed by atoms with Gasteiger partial charge in [0.25, 0.3) is 5.91 Å². The number of nitrogens with one attached hydrogen (secondary N) is 1. The molecule has 5 heteroatoms. The molecule has 5 rings (SSSR count). The molecular weight excluding hydrogens is 398 g/mol. The molecule has 0 saturated heterocycles. The van der Waals surface area contributed by atoms with Crippen molar-refractivity contribution in [2.24, 2.45) is 5.92 Å². The minimum Gasteiger partial charge on any atom is -0.348 e. The van der Waals surface area contributed by atoms with E-state index < -0.39 is 0 Å². The summed E-state index contributed by atoms with van der Waals surface area (Å²) in [7, 11) is 0. The molecule has 2 heterocycles. The van der Waals surface area contributed by atoms with Crippen molar-refractivity contribution >= 4 is 22.5 Å². The fourth-order valence-corrected chi connectivity index (χ4v) is 4.19. The van der Waals surface area contributed by atoms with Crippen molar-refractivity contribution in [1.29, 1.82) is 0 Å². The molecule has 2 aromatic heterocycles. The minimum atomic E-state index is -0.113. The molecule has 1 N–H and O–H groups in total. The number of fused-ring (bicyclic) bond motifs is 1. The van der Waals surface area contributed by atoms with Crippen molar-refractivity contribution in [3.63, 3.8) is 0 Å². The summed E-state index contributed by atoms with van der Waals surface area (Å²) < 4.78 is 0. The maximum absolute atomic E-state index is 12.9. The van der Waals surface area contributed by atoms with Gasteiger partial charge in [-0.05, 0) is 64.7 Å². The van der Waals surface area contributed by atoms with Crippen LogP contribution >= 0.6 is 0 Å². The summed E-state index contributed by atoms with van der Waals surface area (Å²) in [4.78, 5) is 33.6. The summed E-state index contributed by atoms with van der Waals surface area (Å²) in [6.45, 7) is 0.456. The van der Waals surface area contributed by atoms with Gasteiger partial charge in [-0.1, -0.05) is 30.3 Å². The molecule has 1 amide bonds. The molecule has 1 aliphatic rings. The van der Waals surface area contributed by atoms with E-state index in [9.17, 15) is 9.59 Å². The van der Waals surface area contributed by atoms with Crippen LogP contribution in [-0.2, 0) is 17.8 Å². The van der Waals surface area contributed by atoms with E-state index in [-0.39, 0.29) is 23.5 Å². The van der Waals surface area contributed by atoms with Crippen molar-refractivity contribution in [1.82, 2.24) is 15.3 Å². The van der Waals surface area contributed by atoms with Crippen LogP contribution in [0.5, 0.6) is 0 Å². The Kier molecular flexibility index (Phi) is 5.46. The maximum atomic E-state index is 12.9. The zero-order chi connectivity index (χ0) is 21.9. The molecule has 0 aliphatic heterocycles. The quantitative estimate of drug-likeness (QED) is 0.478. The summed E-state index contributed by atoms with van der Waals surface area (Å²) in [6.07, 6.45) is 8.30. The zero-order valence-corrected chi connectivity index (χ0v) is 17.6. The molecule has 32 heavy (non-hydrogen) atoms. The van der Waals surface area contributed by atoms with Crippen molar-refractivity contribution in [3.8, 4) is 0 Å². The first-order valence-corrected chi connectivity index (χ1v) is 10.8. The number of pyridine rings is 2. The van der Waals surface area contributed by atoms with Crippen LogP contribution < -0.4 is 5.32 Å². The van der Waals surface area contributed by atoms with E-state index in [1.807, 2.05) is 60.8 Å². The lowest BCUT2D eigenvalue weighted by Gasteiger charge is -2.07. The van der Waals surface area contributed by atoms with Gasteiger partial charge in [-0.3, -0.25) is 19.6 Å². The summed E-state index contributed by atoms with van der Waals surface area (Å²) in [5.74, 6) is 0.368. The summed E-state index contributed by atoms with van der Waals surface area (Å²) in [5.41, 5.74) is 3.72. The number of aromatic nitrogens is 2. The van der Waals surface area contributed by atoms with Crippen molar-refractivity contribution in [2.75, 3.05) is 0 Å². The van der Waals surface area contributed by atoms with E-state index in [1.165, 1.54) is 0 Å². The molecule has 0 spiro atoms. The molecular formula is C27H23N3O2. The molecule has 1 saturated carbocycles. The normalized spacial score (nSPS) is 17.1. The largest absolute Gasteiger partial charge is 0.348 e. The van der Waals surface area contributed by atoms with Gasteiger partial charge in [0.05, 0.1) is 0 Å². The summed E-state index contributed by atoms with van der Waals surface area (Å²) in [6, 6.07) is 19.5.